The van der Waals surface area contributed by atoms with Gasteiger partial charge in [-0.2, -0.15) is 0 Å². The minimum Gasteiger partial charge on any atom is -0.463 e. The molecule has 34 heavy (non-hydrogen) atoms. The second-order valence-corrected chi connectivity index (χ2v) is 10.5. The van der Waals surface area contributed by atoms with E-state index in [2.05, 4.69) is 16.7 Å². The summed E-state index contributed by atoms with van der Waals surface area (Å²) in [6, 6.07) is 6.64. The third-order valence-electron chi connectivity index (χ3n) is 6.29. The number of nitrogens with zero attached hydrogens (tertiary/aromatic N) is 1. The highest BCUT2D eigenvalue weighted by atomic mass is 16.5. The molecule has 3 atom stereocenters. The van der Waals surface area contributed by atoms with Crippen molar-refractivity contribution in [1.29, 1.82) is 0 Å². The minimum absolute atomic E-state index is 0.0613. The Balaban J connectivity index is 2.21. The Labute approximate surface area is 204 Å². The predicted octanol–water partition coefficient (Wildman–Crippen LogP) is 3.22. The highest BCUT2D eigenvalue weighted by Crippen LogP contribution is 2.24. The fourth-order valence-electron chi connectivity index (χ4n) is 4.20. The zero-order chi connectivity index (χ0) is 25.6. The molecule has 1 aromatic carbocycles. The summed E-state index contributed by atoms with van der Waals surface area (Å²) in [6.07, 6.45) is 2.36. The SMILES string of the molecule is CCOC(=O)/C(C)=C/[C@H](C(C)C)N(C)C(=O)C(NC(=O)[C@@H]1Cc2ccccc2CN1)C(C)(C)C. The van der Waals surface area contributed by atoms with Crippen LogP contribution >= 0.6 is 0 Å². The molecule has 7 nitrogen and oxygen atoms in total. The predicted molar refractivity (Wildman–Crippen MR) is 134 cm³/mol. The van der Waals surface area contributed by atoms with Gasteiger partial charge >= 0.3 is 5.97 Å². The molecule has 1 unspecified atom stereocenters. The summed E-state index contributed by atoms with van der Waals surface area (Å²) in [5, 5.41) is 6.32. The summed E-state index contributed by atoms with van der Waals surface area (Å²) in [7, 11) is 1.72. The number of benzene rings is 1. The van der Waals surface area contributed by atoms with E-state index < -0.39 is 23.5 Å². The Morgan fingerprint density at radius 3 is 2.38 bits per heavy atom. The zero-order valence-corrected chi connectivity index (χ0v) is 21.9. The molecule has 0 aliphatic carbocycles. The Bertz CT molecular complexity index is 917. The van der Waals surface area contributed by atoms with Crippen LogP contribution in [0.25, 0.3) is 0 Å². The number of hydrogen-bond donors (Lipinski definition) is 2. The van der Waals surface area contributed by atoms with E-state index in [1.165, 1.54) is 5.56 Å². The third-order valence-corrected chi connectivity index (χ3v) is 6.29. The maximum absolute atomic E-state index is 13.7. The average molecular weight is 472 g/mol. The molecule has 0 bridgehead atoms. The molecule has 2 amide bonds. The number of fused-ring (bicyclic) bond motifs is 1. The molecular formula is C27H41N3O4. The first kappa shape index (κ1) is 27.6. The summed E-state index contributed by atoms with van der Waals surface area (Å²) in [5.74, 6) is -0.705. The molecule has 0 fully saturated rings. The lowest BCUT2D eigenvalue weighted by molar-refractivity contribution is -0.141. The van der Waals surface area contributed by atoms with Crippen molar-refractivity contribution in [2.75, 3.05) is 13.7 Å². The van der Waals surface area contributed by atoms with Crippen LogP contribution < -0.4 is 10.6 Å². The first-order chi connectivity index (χ1) is 15.9. The molecule has 0 aromatic heterocycles. The third kappa shape index (κ3) is 6.92. The van der Waals surface area contributed by atoms with Gasteiger partial charge in [0, 0.05) is 19.2 Å². The van der Waals surface area contributed by atoms with Crippen LogP contribution in [0.1, 0.15) is 59.6 Å². The maximum Gasteiger partial charge on any atom is 0.333 e. The van der Waals surface area contributed by atoms with Crippen molar-refractivity contribution in [3.05, 3.63) is 47.0 Å². The highest BCUT2D eigenvalue weighted by Gasteiger charge is 2.38. The van der Waals surface area contributed by atoms with E-state index in [0.717, 1.165) is 5.56 Å². The second kappa shape index (κ2) is 11.6. The van der Waals surface area contributed by atoms with Crippen LogP contribution in [0.2, 0.25) is 0 Å². The topological polar surface area (TPSA) is 87.7 Å². The second-order valence-electron chi connectivity index (χ2n) is 10.5. The molecule has 7 heteroatoms. The normalized spacial score (nSPS) is 18.0. The first-order valence-corrected chi connectivity index (χ1v) is 12.1. The summed E-state index contributed by atoms with van der Waals surface area (Å²) in [6.45, 7) is 14.2. The van der Waals surface area contributed by atoms with Gasteiger partial charge in [-0.3, -0.25) is 9.59 Å². The fourth-order valence-corrected chi connectivity index (χ4v) is 4.20. The quantitative estimate of drug-likeness (QED) is 0.449. The number of carbonyl (C=O) groups is 3. The minimum atomic E-state index is -0.721. The van der Waals surface area contributed by atoms with Gasteiger partial charge in [0.2, 0.25) is 11.8 Å². The molecule has 1 aliphatic heterocycles. The fraction of sp³-hybridized carbons (Fsp3) is 0.593. The van der Waals surface area contributed by atoms with Gasteiger partial charge in [0.15, 0.2) is 0 Å². The van der Waals surface area contributed by atoms with Crippen molar-refractivity contribution >= 4 is 17.8 Å². The Morgan fingerprint density at radius 1 is 1.21 bits per heavy atom. The van der Waals surface area contributed by atoms with Crippen LogP contribution in [-0.4, -0.2) is 54.5 Å². The summed E-state index contributed by atoms with van der Waals surface area (Å²) >= 11 is 0. The highest BCUT2D eigenvalue weighted by molar-refractivity contribution is 5.91. The molecular weight excluding hydrogens is 430 g/mol. The Hall–Kier alpha value is -2.67. The van der Waals surface area contributed by atoms with E-state index in [1.807, 2.05) is 52.8 Å². The number of carbonyl (C=O) groups excluding carboxylic acids is 3. The lowest BCUT2D eigenvalue weighted by Crippen LogP contribution is -2.59. The summed E-state index contributed by atoms with van der Waals surface area (Å²) in [4.78, 5) is 40.7. The molecule has 2 rings (SSSR count). The number of rotatable bonds is 8. The van der Waals surface area contributed by atoms with Crippen molar-refractivity contribution in [3.8, 4) is 0 Å². The Morgan fingerprint density at radius 2 is 1.82 bits per heavy atom. The van der Waals surface area contributed by atoms with Gasteiger partial charge in [0.05, 0.1) is 18.7 Å². The molecule has 1 aliphatic rings. The van der Waals surface area contributed by atoms with E-state index >= 15 is 0 Å². The van der Waals surface area contributed by atoms with Gasteiger partial charge in [-0.05, 0) is 42.7 Å². The van der Waals surface area contributed by atoms with Crippen molar-refractivity contribution in [1.82, 2.24) is 15.5 Å². The largest absolute Gasteiger partial charge is 0.463 e. The molecule has 0 saturated carbocycles. The van der Waals surface area contributed by atoms with Gasteiger partial charge in [0.25, 0.3) is 0 Å². The lowest BCUT2D eigenvalue weighted by Gasteiger charge is -2.38. The average Bonchev–Trinajstić information content (AvgIpc) is 2.78. The number of hydrogen-bond acceptors (Lipinski definition) is 5. The van der Waals surface area contributed by atoms with Crippen molar-refractivity contribution < 1.29 is 19.1 Å². The maximum atomic E-state index is 13.7. The van der Waals surface area contributed by atoms with Crippen LogP contribution in [0, 0.1) is 11.3 Å². The van der Waals surface area contributed by atoms with Gasteiger partial charge < -0.3 is 20.3 Å². The van der Waals surface area contributed by atoms with E-state index in [9.17, 15) is 14.4 Å². The van der Waals surface area contributed by atoms with Gasteiger partial charge in [-0.1, -0.05) is 65.0 Å². The van der Waals surface area contributed by atoms with Crippen LogP contribution in [0.15, 0.2) is 35.9 Å². The van der Waals surface area contributed by atoms with Crippen molar-refractivity contribution in [2.24, 2.45) is 11.3 Å². The summed E-state index contributed by atoms with van der Waals surface area (Å²) in [5.41, 5.74) is 2.30. The number of ether oxygens (including phenoxy) is 1. The van der Waals surface area contributed by atoms with Crippen LogP contribution in [0.4, 0.5) is 0 Å². The zero-order valence-electron chi connectivity index (χ0n) is 21.9. The molecule has 0 spiro atoms. The van der Waals surface area contributed by atoms with Gasteiger partial charge in [-0.15, -0.1) is 0 Å². The first-order valence-electron chi connectivity index (χ1n) is 12.1. The number of nitrogens with one attached hydrogen (secondary N) is 2. The lowest BCUT2D eigenvalue weighted by atomic mass is 9.84. The van der Waals surface area contributed by atoms with Crippen molar-refractivity contribution in [2.45, 2.75) is 79.6 Å². The van der Waals surface area contributed by atoms with Gasteiger partial charge in [-0.25, -0.2) is 4.79 Å². The van der Waals surface area contributed by atoms with Crippen LogP contribution in [0.5, 0.6) is 0 Å². The Kier molecular flexibility index (Phi) is 9.45. The smallest absolute Gasteiger partial charge is 0.333 e. The van der Waals surface area contributed by atoms with Gasteiger partial charge in [0.1, 0.15) is 6.04 Å². The molecule has 188 valence electrons. The molecule has 1 heterocycles. The van der Waals surface area contributed by atoms with E-state index in [-0.39, 0.29) is 23.8 Å². The molecule has 0 saturated heterocycles. The number of amides is 2. The van der Waals surface area contributed by atoms with E-state index in [1.54, 1.807) is 31.9 Å². The standard InChI is InChI=1S/C27H41N3O4/c1-9-34-26(33)18(4)14-22(17(2)3)30(8)25(32)23(27(5,6)7)29-24(31)21-15-19-12-10-11-13-20(19)16-28-21/h10-14,17,21-23,28H,9,15-16H2,1-8H3,(H,29,31)/b18-14+/t21-,22+,23?/m0/s1. The van der Waals surface area contributed by atoms with E-state index in [4.69, 9.17) is 4.74 Å². The molecule has 2 N–H and O–H groups in total. The molecule has 1 aromatic rings. The van der Waals surface area contributed by atoms with E-state index in [0.29, 0.717) is 25.1 Å². The number of esters is 1. The number of likely N-dealkylation sites (N-methyl/N-ethyl adjacent to an activating group) is 1. The van der Waals surface area contributed by atoms with Crippen LogP contribution in [-0.2, 0) is 32.1 Å². The molecule has 0 radical (unpaired) electrons. The monoisotopic (exact) mass is 471 g/mol. The summed E-state index contributed by atoms with van der Waals surface area (Å²) < 4.78 is 5.10. The van der Waals surface area contributed by atoms with Crippen molar-refractivity contribution in [3.63, 3.8) is 0 Å². The van der Waals surface area contributed by atoms with Crippen LogP contribution in [0.3, 0.4) is 0 Å².